The molecule has 0 bridgehead atoms. The molecule has 1 aliphatic rings. The van der Waals surface area contributed by atoms with Gasteiger partial charge in [-0.25, -0.2) is 0 Å². The maximum atomic E-state index is 5.30. The van der Waals surface area contributed by atoms with E-state index in [0.29, 0.717) is 0 Å². The number of benzene rings is 1. The summed E-state index contributed by atoms with van der Waals surface area (Å²) in [5, 5.41) is 0. The van der Waals surface area contributed by atoms with Gasteiger partial charge < -0.3 is 4.74 Å². The minimum Gasteiger partial charge on any atom is -0.497 e. The third-order valence-corrected chi connectivity index (χ3v) is 3.55. The number of allylic oxidation sites excluding steroid dienone is 3. The highest BCUT2D eigenvalue weighted by molar-refractivity contribution is 5.70. The average Bonchev–Trinajstić information content (AvgIpc) is 2.43. The molecule has 0 amide bonds. The van der Waals surface area contributed by atoms with E-state index in [9.17, 15) is 0 Å². The lowest BCUT2D eigenvalue weighted by Gasteiger charge is -2.20. The Kier molecular flexibility index (Phi) is 4.63. The van der Waals surface area contributed by atoms with Crippen molar-refractivity contribution < 1.29 is 4.74 Å². The summed E-state index contributed by atoms with van der Waals surface area (Å²) in [6, 6.07) is 6.47. The molecule has 96 valence electrons. The van der Waals surface area contributed by atoms with E-state index in [4.69, 9.17) is 4.74 Å². The van der Waals surface area contributed by atoms with Crippen molar-refractivity contribution >= 4 is 5.57 Å². The van der Waals surface area contributed by atoms with E-state index >= 15 is 0 Å². The fourth-order valence-corrected chi connectivity index (χ4v) is 2.57. The fraction of sp³-hybridized carbons (Fsp3) is 0.412. The Labute approximate surface area is 110 Å². The van der Waals surface area contributed by atoms with Gasteiger partial charge in [-0.15, -0.1) is 6.58 Å². The summed E-state index contributed by atoms with van der Waals surface area (Å²) in [5.41, 5.74) is 4.39. The van der Waals surface area contributed by atoms with Crippen LogP contribution < -0.4 is 4.74 Å². The Morgan fingerprint density at radius 3 is 2.94 bits per heavy atom. The molecule has 18 heavy (non-hydrogen) atoms. The predicted octanol–water partition coefficient (Wildman–Crippen LogP) is 4.77. The standard InChI is InChI=1S/C17H22O/c1-3-4-5-6-8-14-9-7-10-15-13-16(18-2)11-12-17(14)15/h3,8,11-13H,1,4-7,9-10H2,2H3/b14-8+. The molecular weight excluding hydrogens is 220 g/mol. The van der Waals surface area contributed by atoms with E-state index in [1.54, 1.807) is 7.11 Å². The van der Waals surface area contributed by atoms with Crippen LogP contribution in [0, 0.1) is 0 Å². The summed E-state index contributed by atoms with van der Waals surface area (Å²) in [7, 11) is 1.73. The molecule has 2 rings (SSSR count). The quantitative estimate of drug-likeness (QED) is 0.534. The van der Waals surface area contributed by atoms with Crippen LogP contribution in [0.3, 0.4) is 0 Å². The average molecular weight is 242 g/mol. The number of aryl methyl sites for hydroxylation is 1. The van der Waals surface area contributed by atoms with Gasteiger partial charge >= 0.3 is 0 Å². The Bertz CT molecular complexity index is 443. The number of ether oxygens (including phenoxy) is 1. The van der Waals surface area contributed by atoms with Gasteiger partial charge in [0.05, 0.1) is 7.11 Å². The number of hydrogen-bond donors (Lipinski definition) is 0. The molecule has 1 heteroatoms. The predicted molar refractivity (Wildman–Crippen MR) is 78.0 cm³/mol. The molecule has 0 aliphatic heterocycles. The van der Waals surface area contributed by atoms with Crippen LogP contribution in [0.5, 0.6) is 5.75 Å². The van der Waals surface area contributed by atoms with Crippen LogP contribution in [0.4, 0.5) is 0 Å². The summed E-state index contributed by atoms with van der Waals surface area (Å²) < 4.78 is 5.30. The van der Waals surface area contributed by atoms with Crippen LogP contribution in [0.2, 0.25) is 0 Å². The first-order valence-corrected chi connectivity index (χ1v) is 6.82. The summed E-state index contributed by atoms with van der Waals surface area (Å²) in [4.78, 5) is 0. The fourth-order valence-electron chi connectivity index (χ4n) is 2.57. The second-order valence-electron chi connectivity index (χ2n) is 4.83. The first-order valence-electron chi connectivity index (χ1n) is 6.82. The monoisotopic (exact) mass is 242 g/mol. The van der Waals surface area contributed by atoms with E-state index in [1.165, 1.54) is 42.4 Å². The Morgan fingerprint density at radius 2 is 2.17 bits per heavy atom. The SMILES string of the molecule is C=CCCC/C=C1\CCCc2cc(OC)ccc21. The van der Waals surface area contributed by atoms with E-state index < -0.39 is 0 Å². The number of hydrogen-bond acceptors (Lipinski definition) is 1. The maximum Gasteiger partial charge on any atom is 0.119 e. The maximum absolute atomic E-state index is 5.30. The van der Waals surface area contributed by atoms with Crippen LogP contribution in [0.1, 0.15) is 43.2 Å². The van der Waals surface area contributed by atoms with Crippen LogP contribution in [0.15, 0.2) is 36.9 Å². The van der Waals surface area contributed by atoms with Gasteiger partial charge in [0.15, 0.2) is 0 Å². The van der Waals surface area contributed by atoms with Gasteiger partial charge in [-0.1, -0.05) is 18.2 Å². The second-order valence-corrected chi connectivity index (χ2v) is 4.83. The van der Waals surface area contributed by atoms with Crippen molar-refractivity contribution in [1.82, 2.24) is 0 Å². The molecule has 1 aliphatic carbocycles. The van der Waals surface area contributed by atoms with Gasteiger partial charge in [0.2, 0.25) is 0 Å². The Balaban J connectivity index is 2.14. The van der Waals surface area contributed by atoms with Crippen molar-refractivity contribution in [1.29, 1.82) is 0 Å². The molecule has 0 radical (unpaired) electrons. The molecule has 1 aromatic carbocycles. The summed E-state index contributed by atoms with van der Waals surface area (Å²) >= 11 is 0. The van der Waals surface area contributed by atoms with Gasteiger partial charge in [0, 0.05) is 0 Å². The minimum atomic E-state index is 0.974. The van der Waals surface area contributed by atoms with Crippen molar-refractivity contribution in [2.45, 2.75) is 38.5 Å². The number of methoxy groups -OCH3 is 1. The molecule has 0 spiro atoms. The van der Waals surface area contributed by atoms with Crippen LogP contribution in [-0.2, 0) is 6.42 Å². The highest BCUT2D eigenvalue weighted by Gasteiger charge is 2.14. The number of rotatable bonds is 5. The van der Waals surface area contributed by atoms with Crippen LogP contribution >= 0.6 is 0 Å². The van der Waals surface area contributed by atoms with E-state index in [-0.39, 0.29) is 0 Å². The highest BCUT2D eigenvalue weighted by atomic mass is 16.5. The molecule has 0 fully saturated rings. The van der Waals surface area contributed by atoms with Gasteiger partial charge in [0.25, 0.3) is 0 Å². The largest absolute Gasteiger partial charge is 0.497 e. The molecule has 0 N–H and O–H groups in total. The number of unbranched alkanes of at least 4 members (excludes halogenated alkanes) is 2. The van der Waals surface area contributed by atoms with Crippen molar-refractivity contribution in [3.8, 4) is 5.75 Å². The van der Waals surface area contributed by atoms with E-state index in [0.717, 1.165) is 18.6 Å². The molecule has 0 saturated carbocycles. The molecule has 0 saturated heterocycles. The van der Waals surface area contributed by atoms with Crippen LogP contribution in [-0.4, -0.2) is 7.11 Å². The lowest BCUT2D eigenvalue weighted by molar-refractivity contribution is 0.414. The lowest BCUT2D eigenvalue weighted by Crippen LogP contribution is -2.02. The second kappa shape index (κ2) is 6.44. The molecule has 0 heterocycles. The normalized spacial score (nSPS) is 16.4. The third kappa shape index (κ3) is 3.04. The lowest BCUT2D eigenvalue weighted by atomic mass is 9.86. The molecule has 0 unspecified atom stereocenters. The summed E-state index contributed by atoms with van der Waals surface area (Å²) in [6.07, 6.45) is 11.5. The zero-order chi connectivity index (χ0) is 12.8. The molecule has 1 aromatic rings. The Morgan fingerprint density at radius 1 is 1.28 bits per heavy atom. The topological polar surface area (TPSA) is 9.23 Å². The highest BCUT2D eigenvalue weighted by Crippen LogP contribution is 2.33. The zero-order valence-electron chi connectivity index (χ0n) is 11.2. The van der Waals surface area contributed by atoms with Crippen molar-refractivity contribution in [2.24, 2.45) is 0 Å². The molecule has 0 aromatic heterocycles. The summed E-state index contributed by atoms with van der Waals surface area (Å²) in [5.74, 6) is 0.974. The molecule has 0 atom stereocenters. The number of fused-ring (bicyclic) bond motifs is 1. The van der Waals surface area contributed by atoms with Gasteiger partial charge in [-0.05, 0) is 67.4 Å². The van der Waals surface area contributed by atoms with Crippen molar-refractivity contribution in [3.63, 3.8) is 0 Å². The third-order valence-electron chi connectivity index (χ3n) is 3.55. The van der Waals surface area contributed by atoms with Gasteiger partial charge in [-0.3, -0.25) is 0 Å². The zero-order valence-corrected chi connectivity index (χ0v) is 11.2. The first-order chi connectivity index (χ1) is 8.85. The van der Waals surface area contributed by atoms with E-state index in [2.05, 4.69) is 30.9 Å². The van der Waals surface area contributed by atoms with Gasteiger partial charge in [0.1, 0.15) is 5.75 Å². The van der Waals surface area contributed by atoms with Crippen molar-refractivity contribution in [2.75, 3.05) is 7.11 Å². The first kappa shape index (κ1) is 12.9. The van der Waals surface area contributed by atoms with Crippen LogP contribution in [0.25, 0.3) is 5.57 Å². The molecule has 1 nitrogen and oxygen atoms in total. The Hall–Kier alpha value is -1.50. The molecular formula is C17H22O. The van der Waals surface area contributed by atoms with Crippen molar-refractivity contribution in [3.05, 3.63) is 48.1 Å². The summed E-state index contributed by atoms with van der Waals surface area (Å²) in [6.45, 7) is 3.77. The van der Waals surface area contributed by atoms with Gasteiger partial charge in [-0.2, -0.15) is 0 Å². The minimum absolute atomic E-state index is 0.974. The smallest absolute Gasteiger partial charge is 0.119 e. The van der Waals surface area contributed by atoms with E-state index in [1.807, 2.05) is 6.08 Å².